The molecule has 1 saturated carbocycles. The molecule has 1 aliphatic carbocycles. The average Bonchev–Trinajstić information content (AvgIpc) is 3.55. The van der Waals surface area contributed by atoms with Crippen molar-refractivity contribution in [2.24, 2.45) is 5.41 Å². The Hall–Kier alpha value is -3.27. The van der Waals surface area contributed by atoms with E-state index in [2.05, 4.69) is 31.5 Å². The smallest absolute Gasteiger partial charge is 0.342 e. The molecular formula is C25H26BrF4N5O3. The lowest BCUT2D eigenvalue weighted by Gasteiger charge is -2.32. The van der Waals surface area contributed by atoms with Gasteiger partial charge in [-0.05, 0) is 24.3 Å². The van der Waals surface area contributed by atoms with E-state index in [0.717, 1.165) is 0 Å². The van der Waals surface area contributed by atoms with Crippen molar-refractivity contribution in [3.8, 4) is 6.07 Å². The van der Waals surface area contributed by atoms with Crippen LogP contribution in [0.2, 0.25) is 0 Å². The first kappa shape index (κ1) is 29.3. The first-order chi connectivity index (χ1) is 17.6. The summed E-state index contributed by atoms with van der Waals surface area (Å²) in [6.45, 7) is 4.28. The number of pyridine rings is 1. The number of amides is 3. The van der Waals surface area contributed by atoms with Crippen LogP contribution in [0.4, 0.5) is 17.6 Å². The fourth-order valence-electron chi connectivity index (χ4n) is 3.91. The lowest BCUT2D eigenvalue weighted by atomic mass is 9.85. The minimum atomic E-state index is -5.24. The third-order valence-electron chi connectivity index (χ3n) is 6.15. The molecule has 2 unspecified atom stereocenters. The number of rotatable bonds is 8. The summed E-state index contributed by atoms with van der Waals surface area (Å²) in [5.74, 6) is -4.33. The Bertz CT molecular complexity index is 1280. The molecule has 8 nitrogen and oxygen atoms in total. The van der Waals surface area contributed by atoms with Crippen LogP contribution in [0, 0.1) is 16.7 Å². The Morgan fingerprint density at radius 2 is 1.76 bits per heavy atom. The van der Waals surface area contributed by atoms with Crippen LogP contribution in [0.1, 0.15) is 51.6 Å². The highest BCUT2D eigenvalue weighted by molar-refractivity contribution is 9.10. The Morgan fingerprint density at radius 1 is 1.11 bits per heavy atom. The molecule has 1 heterocycles. The van der Waals surface area contributed by atoms with Gasteiger partial charge in [0.05, 0.1) is 6.07 Å². The van der Waals surface area contributed by atoms with E-state index in [0.29, 0.717) is 20.8 Å². The van der Waals surface area contributed by atoms with Crippen molar-refractivity contribution in [2.45, 2.75) is 70.0 Å². The highest BCUT2D eigenvalue weighted by Gasteiger charge is 2.48. The van der Waals surface area contributed by atoms with Gasteiger partial charge in [-0.2, -0.15) is 18.4 Å². The van der Waals surface area contributed by atoms with Crippen LogP contribution < -0.4 is 16.0 Å². The summed E-state index contributed by atoms with van der Waals surface area (Å²) >= 11 is 3.42. The molecule has 1 aliphatic rings. The summed E-state index contributed by atoms with van der Waals surface area (Å²) in [5.41, 5.74) is -2.58. The summed E-state index contributed by atoms with van der Waals surface area (Å²) in [6.07, 6.45) is -2.44. The standard InChI is InChI=1S/C25H26BrF4N5O3/c1-23(2,3)19(35-22(38)25(28,29)30)21(37)33-16(9-24(27)7-8-24)20(36)34-17(10-31)14-12-32-11-13-5-4-6-15(26)18(13)14/h4-6,11-12,16-17,19H,7-9H2,1-3H3,(H,33,37)(H,34,36)(H,35,38)/t16?,17?,19-/m1/s1. The third kappa shape index (κ3) is 6.98. The largest absolute Gasteiger partial charge is 0.471 e. The highest BCUT2D eigenvalue weighted by Crippen LogP contribution is 2.44. The lowest BCUT2D eigenvalue weighted by Crippen LogP contribution is -2.59. The van der Waals surface area contributed by atoms with E-state index in [4.69, 9.17) is 0 Å². The molecule has 0 saturated heterocycles. The SMILES string of the molecule is CC(C)(C)[C@H](NC(=O)C(F)(F)F)C(=O)NC(CC1(F)CC1)C(=O)NC(C#N)c1cncc2cccc(Br)c12. The molecule has 1 aromatic carbocycles. The third-order valence-corrected chi connectivity index (χ3v) is 6.81. The van der Waals surface area contributed by atoms with Gasteiger partial charge in [-0.1, -0.05) is 48.8 Å². The number of carbonyl (C=O) groups excluding carboxylic acids is 3. The van der Waals surface area contributed by atoms with E-state index >= 15 is 0 Å². The second-order valence-corrected chi connectivity index (χ2v) is 11.2. The van der Waals surface area contributed by atoms with E-state index in [1.54, 1.807) is 29.7 Å². The molecule has 0 radical (unpaired) electrons. The zero-order valence-corrected chi connectivity index (χ0v) is 22.3. The molecule has 2 aromatic rings. The molecule has 0 spiro atoms. The van der Waals surface area contributed by atoms with Crippen molar-refractivity contribution in [3.05, 3.63) is 40.6 Å². The van der Waals surface area contributed by atoms with Crippen molar-refractivity contribution in [1.29, 1.82) is 5.26 Å². The molecule has 204 valence electrons. The molecule has 38 heavy (non-hydrogen) atoms. The van der Waals surface area contributed by atoms with Gasteiger partial charge in [-0.3, -0.25) is 19.4 Å². The number of hydrogen-bond donors (Lipinski definition) is 3. The van der Waals surface area contributed by atoms with E-state index in [1.165, 1.54) is 27.0 Å². The van der Waals surface area contributed by atoms with Crippen LogP contribution >= 0.6 is 15.9 Å². The minimum Gasteiger partial charge on any atom is -0.342 e. The van der Waals surface area contributed by atoms with Crippen molar-refractivity contribution < 1.29 is 31.9 Å². The van der Waals surface area contributed by atoms with Crippen molar-refractivity contribution in [3.63, 3.8) is 0 Å². The second kappa shape index (κ2) is 10.8. The van der Waals surface area contributed by atoms with E-state index in [9.17, 15) is 37.2 Å². The molecule has 3 amide bonds. The van der Waals surface area contributed by atoms with Crippen molar-refractivity contribution in [1.82, 2.24) is 20.9 Å². The summed E-state index contributed by atoms with van der Waals surface area (Å²) in [4.78, 5) is 42.0. The predicted octanol–water partition coefficient (Wildman–Crippen LogP) is 4.15. The Morgan fingerprint density at radius 3 is 2.32 bits per heavy atom. The zero-order valence-electron chi connectivity index (χ0n) is 20.7. The Labute approximate surface area is 224 Å². The molecule has 3 rings (SSSR count). The van der Waals surface area contributed by atoms with Gasteiger partial charge >= 0.3 is 12.1 Å². The molecule has 0 aliphatic heterocycles. The maximum Gasteiger partial charge on any atom is 0.471 e. The number of hydrogen-bond acceptors (Lipinski definition) is 5. The lowest BCUT2D eigenvalue weighted by molar-refractivity contribution is -0.175. The van der Waals surface area contributed by atoms with Gasteiger partial charge in [-0.15, -0.1) is 0 Å². The number of alkyl halides is 4. The second-order valence-electron chi connectivity index (χ2n) is 10.3. The molecule has 0 bridgehead atoms. The van der Waals surface area contributed by atoms with E-state index in [1.807, 2.05) is 6.07 Å². The van der Waals surface area contributed by atoms with Gasteiger partial charge in [-0.25, -0.2) is 4.39 Å². The van der Waals surface area contributed by atoms with Crippen LogP contribution in [-0.2, 0) is 14.4 Å². The number of carbonyl (C=O) groups is 3. The first-order valence-corrected chi connectivity index (χ1v) is 12.4. The first-order valence-electron chi connectivity index (χ1n) is 11.6. The Balaban J connectivity index is 1.87. The Kier molecular flexibility index (Phi) is 8.36. The molecule has 3 atom stereocenters. The molecule has 1 fully saturated rings. The minimum absolute atomic E-state index is 0.141. The van der Waals surface area contributed by atoms with Gasteiger partial charge in [0, 0.05) is 39.6 Å². The number of nitrogens with zero attached hydrogens (tertiary/aromatic N) is 2. The predicted molar refractivity (Wildman–Crippen MR) is 133 cm³/mol. The topological polar surface area (TPSA) is 124 Å². The number of benzene rings is 1. The molecular weight excluding hydrogens is 574 g/mol. The maximum absolute atomic E-state index is 14.7. The van der Waals surface area contributed by atoms with Crippen LogP contribution in [0.15, 0.2) is 35.1 Å². The summed E-state index contributed by atoms with van der Waals surface area (Å²) in [5, 5.41) is 17.6. The van der Waals surface area contributed by atoms with Crippen LogP contribution in [-0.4, -0.2) is 46.6 Å². The van der Waals surface area contributed by atoms with Gasteiger partial charge in [0.25, 0.3) is 0 Å². The van der Waals surface area contributed by atoms with Gasteiger partial charge in [0.2, 0.25) is 11.8 Å². The highest BCUT2D eigenvalue weighted by atomic mass is 79.9. The quantitative estimate of drug-likeness (QED) is 0.393. The summed E-state index contributed by atoms with van der Waals surface area (Å²) in [6, 6.07) is 2.78. The van der Waals surface area contributed by atoms with Crippen LogP contribution in [0.5, 0.6) is 0 Å². The molecule has 1 aromatic heterocycles. The van der Waals surface area contributed by atoms with Gasteiger partial charge in [0.1, 0.15) is 23.8 Å². The fraction of sp³-hybridized carbons (Fsp3) is 0.480. The molecule has 13 heteroatoms. The zero-order chi connectivity index (χ0) is 28.5. The van der Waals surface area contributed by atoms with Gasteiger partial charge in [0.15, 0.2) is 0 Å². The van der Waals surface area contributed by atoms with E-state index in [-0.39, 0.29) is 12.8 Å². The summed E-state index contributed by atoms with van der Waals surface area (Å²) in [7, 11) is 0. The fourth-order valence-corrected chi connectivity index (χ4v) is 4.53. The molecule has 3 N–H and O–H groups in total. The normalized spacial score (nSPS) is 17.0. The number of halogens is 5. The van der Waals surface area contributed by atoms with Crippen LogP contribution in [0.25, 0.3) is 10.8 Å². The van der Waals surface area contributed by atoms with Crippen molar-refractivity contribution >= 4 is 44.4 Å². The van der Waals surface area contributed by atoms with Crippen LogP contribution in [0.3, 0.4) is 0 Å². The number of nitrogens with one attached hydrogen (secondary N) is 3. The van der Waals surface area contributed by atoms with Gasteiger partial charge < -0.3 is 16.0 Å². The monoisotopic (exact) mass is 599 g/mol. The average molecular weight is 600 g/mol. The maximum atomic E-state index is 14.7. The number of nitriles is 1. The number of fused-ring (bicyclic) bond motifs is 1. The summed E-state index contributed by atoms with van der Waals surface area (Å²) < 4.78 is 54.0. The van der Waals surface area contributed by atoms with E-state index < -0.39 is 59.5 Å². The van der Waals surface area contributed by atoms with Crippen molar-refractivity contribution in [2.75, 3.05) is 0 Å². The number of aromatic nitrogens is 1.